The molecule has 0 saturated heterocycles. The van der Waals surface area contributed by atoms with Gasteiger partial charge in [-0.3, -0.25) is 4.79 Å². The molecule has 1 aromatic carbocycles. The molecule has 3 nitrogen and oxygen atoms in total. The third-order valence-electron chi connectivity index (χ3n) is 3.15. The maximum absolute atomic E-state index is 12.3. The summed E-state index contributed by atoms with van der Waals surface area (Å²) in [6, 6.07) is 5.89. The number of Topliss-reactive ketones (excluding diaryl/α,β-unsaturated/α-hetero) is 1. The standard InChI is InChI=1S/C16H25NO2/c1-16(2,3)12-7-8-15(19-6)13(11-12)14(18)9-10-17(4)5/h7-8,11H,9-10H2,1-6H3. The summed E-state index contributed by atoms with van der Waals surface area (Å²) in [6.45, 7) is 7.18. The van der Waals surface area contributed by atoms with Gasteiger partial charge in [0.2, 0.25) is 0 Å². The van der Waals surface area contributed by atoms with Gasteiger partial charge in [-0.1, -0.05) is 26.8 Å². The third kappa shape index (κ3) is 4.35. The van der Waals surface area contributed by atoms with Crippen LogP contribution in [0.5, 0.6) is 5.75 Å². The van der Waals surface area contributed by atoms with Crippen molar-refractivity contribution in [1.82, 2.24) is 4.90 Å². The van der Waals surface area contributed by atoms with Gasteiger partial charge >= 0.3 is 0 Å². The molecule has 0 N–H and O–H groups in total. The van der Waals surface area contributed by atoms with E-state index in [0.717, 1.165) is 12.1 Å². The highest BCUT2D eigenvalue weighted by Gasteiger charge is 2.19. The molecule has 1 aromatic rings. The number of nitrogens with zero attached hydrogens (tertiary/aromatic N) is 1. The summed E-state index contributed by atoms with van der Waals surface area (Å²) in [6.07, 6.45) is 0.511. The Morgan fingerprint density at radius 1 is 1.26 bits per heavy atom. The predicted molar refractivity (Wildman–Crippen MR) is 79.2 cm³/mol. The quantitative estimate of drug-likeness (QED) is 0.764. The number of hydrogen-bond donors (Lipinski definition) is 0. The topological polar surface area (TPSA) is 29.5 Å². The minimum Gasteiger partial charge on any atom is -0.496 e. The monoisotopic (exact) mass is 263 g/mol. The van der Waals surface area contributed by atoms with Crippen LogP contribution in [0.25, 0.3) is 0 Å². The average molecular weight is 263 g/mol. The van der Waals surface area contributed by atoms with Gasteiger partial charge in [0.15, 0.2) is 5.78 Å². The summed E-state index contributed by atoms with van der Waals surface area (Å²) in [7, 11) is 5.54. The van der Waals surface area contributed by atoms with Crippen molar-refractivity contribution in [2.45, 2.75) is 32.6 Å². The molecule has 0 spiro atoms. The minimum absolute atomic E-state index is 0.0306. The molecule has 0 heterocycles. The second-order valence-corrected chi connectivity index (χ2v) is 6.14. The van der Waals surface area contributed by atoms with E-state index in [9.17, 15) is 4.79 Å². The van der Waals surface area contributed by atoms with E-state index in [2.05, 4.69) is 20.8 Å². The summed E-state index contributed by atoms with van der Waals surface area (Å²) in [5.41, 5.74) is 1.88. The number of ether oxygens (including phenoxy) is 1. The van der Waals surface area contributed by atoms with Gasteiger partial charge < -0.3 is 9.64 Å². The van der Waals surface area contributed by atoms with Crippen LogP contribution in [-0.4, -0.2) is 38.4 Å². The van der Waals surface area contributed by atoms with Crippen molar-refractivity contribution in [3.8, 4) is 5.75 Å². The number of benzene rings is 1. The smallest absolute Gasteiger partial charge is 0.167 e. The van der Waals surface area contributed by atoms with Gasteiger partial charge in [-0.2, -0.15) is 0 Å². The number of carbonyl (C=O) groups is 1. The molecular weight excluding hydrogens is 238 g/mol. The van der Waals surface area contributed by atoms with Crippen LogP contribution in [0.4, 0.5) is 0 Å². The first-order valence-corrected chi connectivity index (χ1v) is 6.62. The lowest BCUT2D eigenvalue weighted by Gasteiger charge is -2.21. The molecular formula is C16H25NO2. The zero-order valence-electron chi connectivity index (χ0n) is 12.9. The van der Waals surface area contributed by atoms with Crippen molar-refractivity contribution in [3.05, 3.63) is 29.3 Å². The van der Waals surface area contributed by atoms with E-state index in [1.165, 1.54) is 0 Å². The molecule has 0 aliphatic rings. The van der Waals surface area contributed by atoms with Gasteiger partial charge in [-0.15, -0.1) is 0 Å². The van der Waals surface area contributed by atoms with E-state index < -0.39 is 0 Å². The lowest BCUT2D eigenvalue weighted by Crippen LogP contribution is -2.18. The Labute approximate surface area is 116 Å². The van der Waals surface area contributed by atoms with Crippen molar-refractivity contribution >= 4 is 5.78 Å². The number of hydrogen-bond acceptors (Lipinski definition) is 3. The molecule has 0 aliphatic carbocycles. The number of ketones is 1. The Kier molecular flexibility index (Phi) is 5.12. The fourth-order valence-electron chi connectivity index (χ4n) is 1.85. The van der Waals surface area contributed by atoms with Crippen LogP contribution < -0.4 is 4.74 Å². The maximum Gasteiger partial charge on any atom is 0.167 e. The average Bonchev–Trinajstić information content (AvgIpc) is 2.33. The summed E-state index contributed by atoms with van der Waals surface area (Å²) in [5, 5.41) is 0. The predicted octanol–water partition coefficient (Wildman–Crippen LogP) is 3.13. The van der Waals surface area contributed by atoms with E-state index in [1.807, 2.05) is 37.2 Å². The van der Waals surface area contributed by atoms with Crippen molar-refractivity contribution in [3.63, 3.8) is 0 Å². The molecule has 0 aliphatic heterocycles. The van der Waals surface area contributed by atoms with Gasteiger partial charge in [0, 0.05) is 13.0 Å². The molecule has 3 heteroatoms. The Morgan fingerprint density at radius 3 is 2.37 bits per heavy atom. The summed E-state index contributed by atoms with van der Waals surface area (Å²) < 4.78 is 5.31. The number of carbonyl (C=O) groups excluding carboxylic acids is 1. The maximum atomic E-state index is 12.3. The third-order valence-corrected chi connectivity index (χ3v) is 3.15. The van der Waals surface area contributed by atoms with Crippen molar-refractivity contribution < 1.29 is 9.53 Å². The highest BCUT2D eigenvalue weighted by Crippen LogP contribution is 2.28. The van der Waals surface area contributed by atoms with Crippen LogP contribution in [0.15, 0.2) is 18.2 Å². The Morgan fingerprint density at radius 2 is 1.89 bits per heavy atom. The SMILES string of the molecule is COc1ccc(C(C)(C)C)cc1C(=O)CCN(C)C. The van der Waals surface area contributed by atoms with Gasteiger partial charge in [-0.05, 0) is 37.2 Å². The zero-order chi connectivity index (χ0) is 14.6. The minimum atomic E-state index is 0.0306. The van der Waals surface area contributed by atoms with Crippen molar-refractivity contribution in [2.24, 2.45) is 0 Å². The fraction of sp³-hybridized carbons (Fsp3) is 0.562. The molecule has 1 rings (SSSR count). The van der Waals surface area contributed by atoms with Crippen LogP contribution in [0, 0.1) is 0 Å². The molecule has 0 atom stereocenters. The Balaban J connectivity index is 3.05. The van der Waals surface area contributed by atoms with Crippen LogP contribution in [0.2, 0.25) is 0 Å². The van der Waals surface area contributed by atoms with Gasteiger partial charge in [0.25, 0.3) is 0 Å². The molecule has 0 unspecified atom stereocenters. The number of rotatable bonds is 5. The van der Waals surface area contributed by atoms with Crippen LogP contribution in [-0.2, 0) is 5.41 Å². The molecule has 0 amide bonds. The largest absolute Gasteiger partial charge is 0.496 e. The van der Waals surface area contributed by atoms with Gasteiger partial charge in [0.05, 0.1) is 12.7 Å². The Bertz CT molecular complexity index is 445. The van der Waals surface area contributed by atoms with Crippen LogP contribution >= 0.6 is 0 Å². The molecule has 0 aromatic heterocycles. The second kappa shape index (κ2) is 6.20. The van der Waals surface area contributed by atoms with E-state index in [-0.39, 0.29) is 11.2 Å². The van der Waals surface area contributed by atoms with Crippen LogP contribution in [0.1, 0.15) is 43.1 Å². The highest BCUT2D eigenvalue weighted by atomic mass is 16.5. The van der Waals surface area contributed by atoms with E-state index in [1.54, 1.807) is 7.11 Å². The van der Waals surface area contributed by atoms with Crippen LogP contribution in [0.3, 0.4) is 0 Å². The summed E-state index contributed by atoms with van der Waals surface area (Å²) in [5.74, 6) is 0.799. The lowest BCUT2D eigenvalue weighted by atomic mass is 9.85. The summed E-state index contributed by atoms with van der Waals surface area (Å²) >= 11 is 0. The molecule has 0 radical (unpaired) electrons. The zero-order valence-corrected chi connectivity index (χ0v) is 12.9. The fourth-order valence-corrected chi connectivity index (χ4v) is 1.85. The normalized spacial score (nSPS) is 11.7. The second-order valence-electron chi connectivity index (χ2n) is 6.14. The highest BCUT2D eigenvalue weighted by molar-refractivity contribution is 5.99. The molecule has 0 saturated carbocycles. The molecule has 0 bridgehead atoms. The van der Waals surface area contributed by atoms with Gasteiger partial charge in [-0.25, -0.2) is 0 Å². The van der Waals surface area contributed by atoms with Crippen molar-refractivity contribution in [2.75, 3.05) is 27.7 Å². The van der Waals surface area contributed by atoms with E-state index in [0.29, 0.717) is 17.7 Å². The Hall–Kier alpha value is -1.35. The van der Waals surface area contributed by atoms with Crippen molar-refractivity contribution in [1.29, 1.82) is 0 Å². The lowest BCUT2D eigenvalue weighted by molar-refractivity contribution is 0.0969. The first-order valence-electron chi connectivity index (χ1n) is 6.62. The van der Waals surface area contributed by atoms with E-state index >= 15 is 0 Å². The first kappa shape index (κ1) is 15.7. The van der Waals surface area contributed by atoms with Gasteiger partial charge in [0.1, 0.15) is 5.75 Å². The molecule has 106 valence electrons. The van der Waals surface area contributed by atoms with E-state index in [4.69, 9.17) is 4.74 Å². The number of methoxy groups -OCH3 is 1. The molecule has 0 fully saturated rings. The summed E-state index contributed by atoms with van der Waals surface area (Å²) in [4.78, 5) is 14.3. The molecule has 19 heavy (non-hydrogen) atoms. The first-order chi connectivity index (χ1) is 8.75.